The molecular weight excluding hydrogens is 566 g/mol. The molecule has 1 spiro atoms. The second-order valence-electron chi connectivity index (χ2n) is 13.1. The van der Waals surface area contributed by atoms with Crippen molar-refractivity contribution >= 4 is 17.7 Å². The van der Waals surface area contributed by atoms with Crippen LogP contribution in [0.2, 0.25) is 0 Å². The molecule has 0 aliphatic carbocycles. The number of likely N-dealkylation sites (tertiary alicyclic amines) is 1. The number of hydrogen-bond donors (Lipinski definition) is 1. The molecule has 5 rings (SSSR count). The van der Waals surface area contributed by atoms with E-state index in [1.54, 1.807) is 26.9 Å². The minimum absolute atomic E-state index is 0.0799. The molecule has 0 radical (unpaired) electrons. The van der Waals surface area contributed by atoms with E-state index in [-0.39, 0.29) is 36.8 Å². The Morgan fingerprint density at radius 3 is 2.00 bits per heavy atom. The first-order valence-electron chi connectivity index (χ1n) is 16.2. The Hall–Kier alpha value is -3.75. The summed E-state index contributed by atoms with van der Waals surface area (Å²) in [6, 6.07) is 17.9. The Balaban J connectivity index is 1.58. The summed E-state index contributed by atoms with van der Waals surface area (Å²) >= 11 is 0. The largest absolute Gasteiger partial charge is 0.394 e. The normalized spacial score (nSPS) is 28.0. The van der Waals surface area contributed by atoms with E-state index in [4.69, 9.17) is 4.74 Å². The van der Waals surface area contributed by atoms with Crippen LogP contribution in [-0.4, -0.2) is 80.5 Å². The van der Waals surface area contributed by atoms with Gasteiger partial charge in [0.05, 0.1) is 30.1 Å². The van der Waals surface area contributed by atoms with Crippen molar-refractivity contribution in [3.05, 3.63) is 97.1 Å². The number of rotatable bonds is 14. The zero-order chi connectivity index (χ0) is 32.4. The molecule has 3 fully saturated rings. The second kappa shape index (κ2) is 13.3. The molecular formula is C37H47N3O5. The summed E-state index contributed by atoms with van der Waals surface area (Å²) in [6.45, 7) is 14.7. The monoisotopic (exact) mass is 613 g/mol. The number of carbonyl (C=O) groups excluding carboxylic acids is 3. The molecule has 3 aliphatic heterocycles. The lowest BCUT2D eigenvalue weighted by molar-refractivity contribution is -0.158. The van der Waals surface area contributed by atoms with Crippen molar-refractivity contribution in [1.82, 2.24) is 14.7 Å². The van der Waals surface area contributed by atoms with Gasteiger partial charge in [0.15, 0.2) is 0 Å². The molecule has 2 unspecified atom stereocenters. The lowest BCUT2D eigenvalue weighted by Gasteiger charge is -2.41. The summed E-state index contributed by atoms with van der Waals surface area (Å²) in [5.41, 5.74) is -0.170. The van der Waals surface area contributed by atoms with Gasteiger partial charge in [0.2, 0.25) is 17.7 Å². The highest BCUT2D eigenvalue weighted by Crippen LogP contribution is 2.64. The van der Waals surface area contributed by atoms with Gasteiger partial charge in [-0.15, -0.1) is 13.2 Å². The molecule has 45 heavy (non-hydrogen) atoms. The van der Waals surface area contributed by atoms with Gasteiger partial charge < -0.3 is 24.5 Å². The zero-order valence-electron chi connectivity index (χ0n) is 26.8. The van der Waals surface area contributed by atoms with Gasteiger partial charge >= 0.3 is 0 Å². The summed E-state index contributed by atoms with van der Waals surface area (Å²) in [7, 11) is 0. The molecule has 7 atom stereocenters. The minimum atomic E-state index is -1.19. The maximum Gasteiger partial charge on any atom is 0.249 e. The molecule has 2 aromatic carbocycles. The Kier molecular flexibility index (Phi) is 9.65. The van der Waals surface area contributed by atoms with Crippen LogP contribution >= 0.6 is 0 Å². The lowest BCUT2D eigenvalue weighted by Crippen LogP contribution is -2.59. The van der Waals surface area contributed by atoms with E-state index in [0.717, 1.165) is 11.1 Å². The maximum atomic E-state index is 14.8. The highest BCUT2D eigenvalue weighted by molar-refractivity contribution is 5.99. The van der Waals surface area contributed by atoms with Crippen molar-refractivity contribution in [1.29, 1.82) is 0 Å². The first-order valence-corrected chi connectivity index (χ1v) is 16.2. The Bertz CT molecular complexity index is 1400. The van der Waals surface area contributed by atoms with E-state index in [9.17, 15) is 19.5 Å². The third-order valence-electron chi connectivity index (χ3n) is 10.3. The molecule has 8 heteroatoms. The van der Waals surface area contributed by atoms with Crippen LogP contribution in [0.3, 0.4) is 0 Å². The van der Waals surface area contributed by atoms with Crippen LogP contribution < -0.4 is 0 Å². The van der Waals surface area contributed by atoms with E-state index in [2.05, 4.69) is 13.2 Å². The van der Waals surface area contributed by atoms with Crippen LogP contribution in [-0.2, 0) is 32.2 Å². The van der Waals surface area contributed by atoms with Crippen LogP contribution in [0.1, 0.15) is 51.2 Å². The summed E-state index contributed by atoms with van der Waals surface area (Å²) in [5.74, 6) is -2.41. The van der Waals surface area contributed by atoms with Gasteiger partial charge in [-0.1, -0.05) is 93.1 Å². The predicted molar refractivity (Wildman–Crippen MR) is 174 cm³/mol. The number of fused-ring (bicyclic) bond motifs is 1. The molecule has 1 N–H and O–H groups in total. The van der Waals surface area contributed by atoms with E-state index in [0.29, 0.717) is 38.9 Å². The molecule has 3 amide bonds. The van der Waals surface area contributed by atoms with Crippen LogP contribution in [0, 0.1) is 17.8 Å². The smallest absolute Gasteiger partial charge is 0.249 e. The summed E-state index contributed by atoms with van der Waals surface area (Å²) < 4.78 is 6.91. The Morgan fingerprint density at radius 1 is 0.978 bits per heavy atom. The van der Waals surface area contributed by atoms with E-state index < -0.39 is 35.1 Å². The molecule has 2 aromatic rings. The van der Waals surface area contributed by atoms with Crippen LogP contribution in [0.5, 0.6) is 0 Å². The quantitative estimate of drug-likeness (QED) is 0.315. The van der Waals surface area contributed by atoms with Gasteiger partial charge in [0.25, 0.3) is 0 Å². The first kappa shape index (κ1) is 32.6. The van der Waals surface area contributed by atoms with Gasteiger partial charge in [-0.25, -0.2) is 0 Å². The average molecular weight is 614 g/mol. The van der Waals surface area contributed by atoms with Crippen molar-refractivity contribution in [3.8, 4) is 0 Å². The van der Waals surface area contributed by atoms with Gasteiger partial charge in [-0.3, -0.25) is 14.4 Å². The molecule has 0 aromatic heterocycles. The predicted octanol–water partition coefficient (Wildman–Crippen LogP) is 4.59. The molecule has 3 aliphatic rings. The molecule has 0 saturated carbocycles. The van der Waals surface area contributed by atoms with Crippen molar-refractivity contribution in [2.45, 2.75) is 76.4 Å². The van der Waals surface area contributed by atoms with Gasteiger partial charge in [0.1, 0.15) is 11.6 Å². The summed E-state index contributed by atoms with van der Waals surface area (Å²) in [6.07, 6.45) is 5.11. The Morgan fingerprint density at radius 2 is 1.51 bits per heavy atom. The minimum Gasteiger partial charge on any atom is -0.394 e. The lowest BCUT2D eigenvalue weighted by atomic mass is 9.66. The number of aliphatic hydroxyl groups excluding tert-OH is 1. The van der Waals surface area contributed by atoms with Crippen molar-refractivity contribution < 1.29 is 24.2 Å². The number of benzene rings is 2. The fourth-order valence-electron chi connectivity index (χ4n) is 7.94. The number of aliphatic hydroxyl groups is 1. The average Bonchev–Trinajstić information content (AvgIpc) is 3.62. The van der Waals surface area contributed by atoms with Gasteiger partial charge in [0, 0.05) is 26.2 Å². The summed E-state index contributed by atoms with van der Waals surface area (Å²) in [5, 5.41) is 10.7. The maximum absolute atomic E-state index is 14.8. The number of carbonyl (C=O) groups is 3. The fraction of sp³-hybridized carbons (Fsp3) is 0.486. The van der Waals surface area contributed by atoms with E-state index in [1.165, 1.54) is 0 Å². The molecule has 240 valence electrons. The highest BCUT2D eigenvalue weighted by atomic mass is 16.5. The van der Waals surface area contributed by atoms with Gasteiger partial charge in [-0.05, 0) is 36.8 Å². The van der Waals surface area contributed by atoms with E-state index in [1.807, 2.05) is 81.4 Å². The third-order valence-corrected chi connectivity index (χ3v) is 10.3. The standard InChI is InChI=1S/C37H47N3O5/c1-6-21-38(23-27-15-11-9-12-16-27)33(42)30-31-34(43)40(29(25-41)26(4)8-3)32(37(31)20-19-36(30,5)45-37)35(44)39(22-7-2)24-28-17-13-10-14-18-28/h6-7,9-18,26,29-32,41H,1-2,8,19-25H2,3-5H3/t26-,29-,30+,31-,32?,36-,37?/m0/s1. The molecule has 3 heterocycles. The SMILES string of the molecule is C=CCN(Cc1ccccc1)C(=O)C1N([C@@H](CO)[C@@H](C)CC)C(=O)[C@@H]2[C@H](C(=O)N(CC=C)Cc3ccccc3)[C@]3(C)CCC12O3. The second-order valence-corrected chi connectivity index (χ2v) is 13.1. The van der Waals surface area contributed by atoms with Crippen molar-refractivity contribution in [2.75, 3.05) is 19.7 Å². The fourth-order valence-corrected chi connectivity index (χ4v) is 7.94. The number of amides is 3. The van der Waals surface area contributed by atoms with Crippen LogP contribution in [0.25, 0.3) is 0 Å². The third kappa shape index (κ3) is 5.74. The van der Waals surface area contributed by atoms with E-state index >= 15 is 0 Å². The number of nitrogens with zero attached hydrogens (tertiary/aromatic N) is 3. The zero-order valence-corrected chi connectivity index (χ0v) is 26.8. The van der Waals surface area contributed by atoms with Crippen LogP contribution in [0.15, 0.2) is 86.0 Å². The van der Waals surface area contributed by atoms with Crippen LogP contribution in [0.4, 0.5) is 0 Å². The Labute approximate surface area is 267 Å². The number of hydrogen-bond acceptors (Lipinski definition) is 5. The van der Waals surface area contributed by atoms with Crippen molar-refractivity contribution in [3.63, 3.8) is 0 Å². The summed E-state index contributed by atoms with van der Waals surface area (Å²) in [4.78, 5) is 49.2. The van der Waals surface area contributed by atoms with Crippen molar-refractivity contribution in [2.24, 2.45) is 17.8 Å². The first-order chi connectivity index (χ1) is 21.7. The van der Waals surface area contributed by atoms with Gasteiger partial charge in [-0.2, -0.15) is 0 Å². The number of ether oxygens (including phenoxy) is 1. The molecule has 3 saturated heterocycles. The topological polar surface area (TPSA) is 90.4 Å². The molecule has 2 bridgehead atoms. The molecule has 8 nitrogen and oxygen atoms in total. The highest BCUT2D eigenvalue weighted by Gasteiger charge is 2.79.